The quantitative estimate of drug-likeness (QED) is 0.579. The van der Waals surface area contributed by atoms with E-state index in [2.05, 4.69) is 0 Å². The molecule has 0 spiro atoms. The van der Waals surface area contributed by atoms with Crippen LogP contribution in [0.4, 0.5) is 0 Å². The first kappa shape index (κ1) is 17.4. The monoisotopic (exact) mass is 310 g/mol. The van der Waals surface area contributed by atoms with Crippen LogP contribution in [0.25, 0.3) is 0 Å². The van der Waals surface area contributed by atoms with E-state index >= 15 is 0 Å². The van der Waals surface area contributed by atoms with Gasteiger partial charge in [-0.1, -0.05) is 25.1 Å². The number of aliphatic hydroxyl groups excluding tert-OH is 2. The Balaban J connectivity index is 2.35. The molecule has 1 aromatic carbocycles. The van der Waals surface area contributed by atoms with Crippen molar-refractivity contribution >= 4 is 0 Å². The number of hydrogen-bond donors (Lipinski definition) is 4. The summed E-state index contributed by atoms with van der Waals surface area (Å²) in [5.74, 6) is -0.795. The lowest BCUT2D eigenvalue weighted by Crippen LogP contribution is -2.79. The van der Waals surface area contributed by atoms with Crippen LogP contribution in [0.1, 0.15) is 36.0 Å². The average Bonchev–Trinajstić information content (AvgIpc) is 2.50. The molecule has 5 nitrogen and oxygen atoms in total. The van der Waals surface area contributed by atoms with Gasteiger partial charge in [-0.15, -0.1) is 0 Å². The summed E-state index contributed by atoms with van der Waals surface area (Å²) < 4.78 is 5.40. The van der Waals surface area contributed by atoms with Gasteiger partial charge in [0.15, 0.2) is 0 Å². The predicted octanol–water partition coefficient (Wildman–Crippen LogP) is 0.643. The van der Waals surface area contributed by atoms with Gasteiger partial charge in [0.2, 0.25) is 0 Å². The molecule has 0 bridgehead atoms. The number of aliphatic hydroxyl groups is 4. The zero-order chi connectivity index (χ0) is 16.5. The molecule has 1 unspecified atom stereocenters. The average molecular weight is 310 g/mol. The van der Waals surface area contributed by atoms with Crippen molar-refractivity contribution in [2.24, 2.45) is 0 Å². The van der Waals surface area contributed by atoms with Gasteiger partial charge in [-0.05, 0) is 37.0 Å². The molecule has 124 valence electrons. The number of aryl methyl sites for hydroxylation is 2. The van der Waals surface area contributed by atoms with Crippen molar-refractivity contribution in [1.29, 1.82) is 0 Å². The molecule has 0 heterocycles. The molecule has 1 aliphatic rings. The SMILES string of the molecule is CCCOC[C@@]1(O)C(c2ccc(C)c(C)c2)[C@@](O)(CO)[C@@H]1O. The van der Waals surface area contributed by atoms with Gasteiger partial charge in [0.05, 0.1) is 19.1 Å². The normalized spacial score (nSPS) is 34.5. The van der Waals surface area contributed by atoms with Gasteiger partial charge in [0.25, 0.3) is 0 Å². The lowest BCUT2D eigenvalue weighted by Gasteiger charge is -2.60. The van der Waals surface area contributed by atoms with Crippen LogP contribution in [0.15, 0.2) is 18.2 Å². The smallest absolute Gasteiger partial charge is 0.126 e. The topological polar surface area (TPSA) is 90.2 Å². The third-order valence-electron chi connectivity index (χ3n) is 4.75. The van der Waals surface area contributed by atoms with E-state index in [9.17, 15) is 20.4 Å². The van der Waals surface area contributed by atoms with Gasteiger partial charge in [0, 0.05) is 6.61 Å². The summed E-state index contributed by atoms with van der Waals surface area (Å²) in [5, 5.41) is 41.1. The van der Waals surface area contributed by atoms with Gasteiger partial charge >= 0.3 is 0 Å². The molecule has 2 rings (SSSR count). The highest BCUT2D eigenvalue weighted by Gasteiger charge is 2.70. The molecular formula is C17H26O5. The van der Waals surface area contributed by atoms with Gasteiger partial charge in [-0.3, -0.25) is 0 Å². The number of ether oxygens (including phenoxy) is 1. The Labute approximate surface area is 131 Å². The summed E-state index contributed by atoms with van der Waals surface area (Å²) in [6.07, 6.45) is -0.654. The maximum Gasteiger partial charge on any atom is 0.126 e. The lowest BCUT2D eigenvalue weighted by atomic mass is 9.53. The Hall–Kier alpha value is -0.980. The molecule has 5 heteroatoms. The molecule has 1 aliphatic carbocycles. The minimum Gasteiger partial charge on any atom is -0.393 e. The minimum absolute atomic E-state index is 0.0814. The zero-order valence-corrected chi connectivity index (χ0v) is 13.4. The molecule has 0 saturated heterocycles. The van der Waals surface area contributed by atoms with E-state index in [1.54, 1.807) is 0 Å². The first-order valence-corrected chi connectivity index (χ1v) is 7.69. The first-order valence-electron chi connectivity index (χ1n) is 7.69. The van der Waals surface area contributed by atoms with Crippen molar-refractivity contribution in [2.75, 3.05) is 19.8 Å². The number of hydrogen-bond acceptors (Lipinski definition) is 5. The Kier molecular flexibility index (Phi) is 4.94. The first-order chi connectivity index (χ1) is 10.3. The second kappa shape index (κ2) is 6.26. The van der Waals surface area contributed by atoms with E-state index in [4.69, 9.17) is 4.74 Å². The number of benzene rings is 1. The van der Waals surface area contributed by atoms with Crippen molar-refractivity contribution in [2.45, 2.75) is 50.4 Å². The van der Waals surface area contributed by atoms with Gasteiger partial charge in [-0.2, -0.15) is 0 Å². The van der Waals surface area contributed by atoms with Crippen LogP contribution in [0.3, 0.4) is 0 Å². The molecule has 0 radical (unpaired) electrons. The van der Waals surface area contributed by atoms with E-state index in [1.807, 2.05) is 39.0 Å². The fourth-order valence-electron chi connectivity index (χ4n) is 3.33. The highest BCUT2D eigenvalue weighted by Crippen LogP contribution is 2.53. The molecule has 22 heavy (non-hydrogen) atoms. The third-order valence-corrected chi connectivity index (χ3v) is 4.75. The Morgan fingerprint density at radius 1 is 1.14 bits per heavy atom. The van der Waals surface area contributed by atoms with Crippen LogP contribution in [-0.2, 0) is 4.74 Å². The van der Waals surface area contributed by atoms with Crippen LogP contribution in [-0.4, -0.2) is 57.6 Å². The molecule has 4 atom stereocenters. The molecule has 0 aliphatic heterocycles. The molecule has 0 aromatic heterocycles. The Morgan fingerprint density at radius 2 is 1.82 bits per heavy atom. The molecular weight excluding hydrogens is 284 g/mol. The predicted molar refractivity (Wildman–Crippen MR) is 82.8 cm³/mol. The fourth-order valence-corrected chi connectivity index (χ4v) is 3.33. The van der Waals surface area contributed by atoms with E-state index in [-0.39, 0.29) is 6.61 Å². The highest BCUT2D eigenvalue weighted by molar-refractivity contribution is 5.41. The maximum absolute atomic E-state index is 10.8. The van der Waals surface area contributed by atoms with Gasteiger partial charge in [-0.25, -0.2) is 0 Å². The Morgan fingerprint density at radius 3 is 2.36 bits per heavy atom. The van der Waals surface area contributed by atoms with Crippen LogP contribution in [0, 0.1) is 13.8 Å². The summed E-state index contributed by atoms with van der Waals surface area (Å²) in [6.45, 7) is 5.63. The van der Waals surface area contributed by atoms with Crippen molar-refractivity contribution in [1.82, 2.24) is 0 Å². The molecule has 0 amide bonds. The molecule has 1 saturated carbocycles. The summed E-state index contributed by atoms with van der Waals surface area (Å²) in [7, 11) is 0. The van der Waals surface area contributed by atoms with Crippen LogP contribution >= 0.6 is 0 Å². The van der Waals surface area contributed by atoms with E-state index in [0.717, 1.165) is 17.5 Å². The van der Waals surface area contributed by atoms with Crippen molar-refractivity contribution in [3.05, 3.63) is 34.9 Å². The van der Waals surface area contributed by atoms with E-state index in [0.29, 0.717) is 12.2 Å². The van der Waals surface area contributed by atoms with Crippen molar-refractivity contribution < 1.29 is 25.2 Å². The summed E-state index contributed by atoms with van der Waals surface area (Å²) in [5.41, 5.74) is -0.550. The molecule has 1 fully saturated rings. The number of rotatable bonds is 6. The highest BCUT2D eigenvalue weighted by atomic mass is 16.5. The largest absolute Gasteiger partial charge is 0.393 e. The fraction of sp³-hybridized carbons (Fsp3) is 0.647. The standard InChI is InChI=1S/C17H26O5/c1-4-7-22-10-17(21)14(16(20,9-18)15(17)19)13-6-5-11(2)12(3)8-13/h5-6,8,14-15,18-21H,4,7,9-10H2,1-3H3/t14?,15-,16-,17+/m0/s1. The Bertz CT molecular complexity index is 532. The zero-order valence-electron chi connectivity index (χ0n) is 13.4. The molecule has 1 aromatic rings. The van der Waals surface area contributed by atoms with Crippen LogP contribution in [0.5, 0.6) is 0 Å². The maximum atomic E-state index is 10.8. The second-order valence-corrected chi connectivity index (χ2v) is 6.37. The molecule has 4 N–H and O–H groups in total. The minimum atomic E-state index is -1.76. The third kappa shape index (κ3) is 2.57. The van der Waals surface area contributed by atoms with Crippen molar-refractivity contribution in [3.8, 4) is 0 Å². The van der Waals surface area contributed by atoms with Crippen LogP contribution < -0.4 is 0 Å². The second-order valence-electron chi connectivity index (χ2n) is 6.37. The summed E-state index contributed by atoms with van der Waals surface area (Å²) in [4.78, 5) is 0. The summed E-state index contributed by atoms with van der Waals surface area (Å²) in [6, 6.07) is 5.59. The van der Waals surface area contributed by atoms with E-state index in [1.165, 1.54) is 0 Å². The van der Waals surface area contributed by atoms with Gasteiger partial charge < -0.3 is 25.2 Å². The van der Waals surface area contributed by atoms with Crippen LogP contribution in [0.2, 0.25) is 0 Å². The van der Waals surface area contributed by atoms with Gasteiger partial charge in [0.1, 0.15) is 17.3 Å². The summed E-state index contributed by atoms with van der Waals surface area (Å²) >= 11 is 0. The lowest BCUT2D eigenvalue weighted by molar-refractivity contribution is -0.310. The van der Waals surface area contributed by atoms with Crippen molar-refractivity contribution in [3.63, 3.8) is 0 Å². The van der Waals surface area contributed by atoms with E-state index < -0.39 is 29.8 Å².